The predicted octanol–water partition coefficient (Wildman–Crippen LogP) is 1.88. The molecule has 0 radical (unpaired) electrons. The lowest BCUT2D eigenvalue weighted by Gasteiger charge is -2.09. The summed E-state index contributed by atoms with van der Waals surface area (Å²) in [5.74, 6) is -0.667. The van der Waals surface area contributed by atoms with Crippen molar-refractivity contribution >= 4 is 29.9 Å². The fourth-order valence-electron chi connectivity index (χ4n) is 2.22. The molecule has 0 saturated heterocycles. The first-order chi connectivity index (χ1) is 12.2. The summed E-state index contributed by atoms with van der Waals surface area (Å²) in [4.78, 5) is 22.8. The minimum absolute atomic E-state index is 0. The molecule has 0 atom stereocenters. The summed E-state index contributed by atoms with van der Waals surface area (Å²) in [7, 11) is 0. The number of hydrogen-bond donors (Lipinski definition) is 3. The van der Waals surface area contributed by atoms with Gasteiger partial charge in [0.1, 0.15) is 0 Å². The van der Waals surface area contributed by atoms with Gasteiger partial charge in [0.05, 0.1) is 26.3 Å². The van der Waals surface area contributed by atoms with Crippen LogP contribution in [0.3, 0.4) is 0 Å². The second kappa shape index (κ2) is 12.0. The number of nitrogens with two attached hydrogens (primary N) is 1. The molecule has 2 amide bonds. The highest BCUT2D eigenvalue weighted by molar-refractivity contribution is 5.94. The number of carbonyl (C=O) groups excluding carboxylic acids is 2. The van der Waals surface area contributed by atoms with Crippen molar-refractivity contribution in [2.24, 2.45) is 5.73 Å². The summed E-state index contributed by atoms with van der Waals surface area (Å²) in [5.41, 5.74) is 8.04. The number of hydrogen-bond acceptors (Lipinski definition) is 4. The third-order valence-electron chi connectivity index (χ3n) is 3.49. The van der Waals surface area contributed by atoms with Gasteiger partial charge < -0.3 is 21.1 Å². The molecule has 7 heteroatoms. The Morgan fingerprint density at radius 3 is 2.42 bits per heavy atom. The van der Waals surface area contributed by atoms with Gasteiger partial charge in [0.15, 0.2) is 0 Å². The number of carbonyl (C=O) groups is 2. The fourth-order valence-corrected chi connectivity index (χ4v) is 2.22. The molecule has 2 aromatic rings. The zero-order valence-electron chi connectivity index (χ0n) is 14.4. The Balaban J connectivity index is 0.00000338. The Bertz CT molecular complexity index is 695. The van der Waals surface area contributed by atoms with Crippen molar-refractivity contribution in [3.05, 3.63) is 65.7 Å². The van der Waals surface area contributed by atoms with Crippen LogP contribution in [0.25, 0.3) is 0 Å². The van der Waals surface area contributed by atoms with Crippen LogP contribution >= 0.6 is 12.4 Å². The van der Waals surface area contributed by atoms with Crippen molar-refractivity contribution < 1.29 is 14.3 Å². The van der Waals surface area contributed by atoms with Gasteiger partial charge in [-0.05, 0) is 29.7 Å². The topological polar surface area (TPSA) is 93.5 Å². The molecule has 0 aromatic heterocycles. The van der Waals surface area contributed by atoms with E-state index in [0.29, 0.717) is 18.9 Å². The molecule has 0 heterocycles. The minimum Gasteiger partial charge on any atom is -0.376 e. The molecule has 0 fully saturated rings. The number of halogens is 1. The molecule has 0 aliphatic rings. The van der Waals surface area contributed by atoms with Crippen LogP contribution in [0.2, 0.25) is 0 Å². The van der Waals surface area contributed by atoms with Crippen molar-refractivity contribution in [2.75, 3.05) is 25.0 Å². The average Bonchev–Trinajstić information content (AvgIpc) is 2.64. The zero-order valence-corrected chi connectivity index (χ0v) is 15.3. The van der Waals surface area contributed by atoms with Crippen molar-refractivity contribution in [1.82, 2.24) is 5.32 Å². The van der Waals surface area contributed by atoms with Gasteiger partial charge in [0.25, 0.3) is 0 Å². The lowest BCUT2D eigenvalue weighted by Crippen LogP contribution is -2.36. The number of nitrogens with one attached hydrogen (secondary N) is 2. The van der Waals surface area contributed by atoms with Gasteiger partial charge in [-0.1, -0.05) is 42.5 Å². The number of ether oxygens (including phenoxy) is 1. The normalized spacial score (nSPS) is 9.88. The number of rotatable bonds is 9. The van der Waals surface area contributed by atoms with Crippen molar-refractivity contribution in [3.63, 3.8) is 0 Å². The molecule has 0 aliphatic carbocycles. The van der Waals surface area contributed by atoms with E-state index in [1.54, 1.807) is 6.07 Å². The zero-order chi connectivity index (χ0) is 17.9. The summed E-state index contributed by atoms with van der Waals surface area (Å²) >= 11 is 0. The smallest absolute Gasteiger partial charge is 0.243 e. The molecule has 0 aliphatic heterocycles. The van der Waals surface area contributed by atoms with E-state index >= 15 is 0 Å². The van der Waals surface area contributed by atoms with E-state index < -0.39 is 0 Å². The number of amides is 2. The number of anilines is 1. The first kappa shape index (κ1) is 21.6. The summed E-state index contributed by atoms with van der Waals surface area (Å²) in [6.45, 7) is 0.864. The van der Waals surface area contributed by atoms with Crippen molar-refractivity contribution in [3.8, 4) is 0 Å². The van der Waals surface area contributed by atoms with Gasteiger partial charge in [0, 0.05) is 5.69 Å². The molecule has 4 N–H and O–H groups in total. The molecular weight excluding hydrogens is 354 g/mol. The van der Waals surface area contributed by atoms with Crippen LogP contribution in [0.5, 0.6) is 0 Å². The van der Waals surface area contributed by atoms with Crippen LogP contribution in [0.1, 0.15) is 11.1 Å². The van der Waals surface area contributed by atoms with Crippen LogP contribution in [-0.4, -0.2) is 31.5 Å². The highest BCUT2D eigenvalue weighted by Crippen LogP contribution is 2.12. The maximum absolute atomic E-state index is 11.8. The highest BCUT2D eigenvalue weighted by atomic mass is 35.5. The molecule has 140 valence electrons. The lowest BCUT2D eigenvalue weighted by molar-refractivity contribution is -0.123. The molecule has 0 spiro atoms. The summed E-state index contributed by atoms with van der Waals surface area (Å²) in [5, 5.41) is 5.15. The summed E-state index contributed by atoms with van der Waals surface area (Å²) < 4.78 is 5.69. The van der Waals surface area contributed by atoms with Gasteiger partial charge in [-0.2, -0.15) is 0 Å². The van der Waals surface area contributed by atoms with E-state index in [9.17, 15) is 9.59 Å². The van der Waals surface area contributed by atoms with Crippen LogP contribution < -0.4 is 16.4 Å². The van der Waals surface area contributed by atoms with Gasteiger partial charge in [-0.15, -0.1) is 12.4 Å². The molecule has 2 aromatic carbocycles. The van der Waals surface area contributed by atoms with E-state index in [1.807, 2.05) is 36.4 Å². The first-order valence-corrected chi connectivity index (χ1v) is 8.14. The van der Waals surface area contributed by atoms with E-state index in [-0.39, 0.29) is 37.3 Å². The fraction of sp³-hybridized carbons (Fsp3) is 0.263. The SMILES string of the molecule is Cl.NCC(=O)NCC(=O)Nc1cccc(COCCc2ccccc2)c1. The molecule has 0 bridgehead atoms. The van der Waals surface area contributed by atoms with E-state index in [1.165, 1.54) is 5.56 Å². The Morgan fingerprint density at radius 1 is 0.962 bits per heavy atom. The van der Waals surface area contributed by atoms with E-state index in [0.717, 1.165) is 12.0 Å². The quantitative estimate of drug-likeness (QED) is 0.582. The first-order valence-electron chi connectivity index (χ1n) is 8.14. The minimum atomic E-state index is -0.365. The summed E-state index contributed by atoms with van der Waals surface area (Å²) in [6.07, 6.45) is 0.859. The molecule has 2 rings (SSSR count). The number of benzene rings is 2. The molecule has 0 saturated carbocycles. The third-order valence-corrected chi connectivity index (χ3v) is 3.49. The second-order valence-electron chi connectivity index (χ2n) is 5.52. The van der Waals surface area contributed by atoms with Crippen LogP contribution in [0.15, 0.2) is 54.6 Å². The monoisotopic (exact) mass is 377 g/mol. The molecule has 0 unspecified atom stereocenters. The van der Waals surface area contributed by atoms with Gasteiger partial charge in [-0.25, -0.2) is 0 Å². The Kier molecular flexibility index (Phi) is 10.0. The lowest BCUT2D eigenvalue weighted by atomic mass is 10.2. The van der Waals surface area contributed by atoms with Crippen LogP contribution in [-0.2, 0) is 27.4 Å². The van der Waals surface area contributed by atoms with E-state index in [4.69, 9.17) is 10.5 Å². The molecular formula is C19H24ClN3O3. The van der Waals surface area contributed by atoms with Crippen LogP contribution in [0, 0.1) is 0 Å². The molecule has 26 heavy (non-hydrogen) atoms. The average molecular weight is 378 g/mol. The Morgan fingerprint density at radius 2 is 1.69 bits per heavy atom. The second-order valence-corrected chi connectivity index (χ2v) is 5.52. The van der Waals surface area contributed by atoms with Gasteiger partial charge >= 0.3 is 0 Å². The third kappa shape index (κ3) is 8.11. The highest BCUT2D eigenvalue weighted by Gasteiger charge is 2.05. The Labute approximate surface area is 159 Å². The standard InChI is InChI=1S/C19H23N3O3.ClH/c20-12-18(23)21-13-19(24)22-17-8-4-7-16(11-17)14-25-10-9-15-5-2-1-3-6-15;/h1-8,11H,9-10,12-14,20H2,(H,21,23)(H,22,24);1H. The van der Waals surface area contributed by atoms with Crippen LogP contribution in [0.4, 0.5) is 5.69 Å². The van der Waals surface area contributed by atoms with Crippen molar-refractivity contribution in [2.45, 2.75) is 13.0 Å². The van der Waals surface area contributed by atoms with Crippen molar-refractivity contribution in [1.29, 1.82) is 0 Å². The largest absolute Gasteiger partial charge is 0.376 e. The van der Waals surface area contributed by atoms with Gasteiger partial charge in [-0.3, -0.25) is 9.59 Å². The van der Waals surface area contributed by atoms with E-state index in [2.05, 4.69) is 22.8 Å². The molecule has 6 nitrogen and oxygen atoms in total. The predicted molar refractivity (Wildman–Crippen MR) is 104 cm³/mol. The Hall–Kier alpha value is -2.41. The maximum atomic E-state index is 11.8. The summed E-state index contributed by atoms with van der Waals surface area (Å²) in [6, 6.07) is 17.6. The van der Waals surface area contributed by atoms with Gasteiger partial charge in [0.2, 0.25) is 11.8 Å². The maximum Gasteiger partial charge on any atom is 0.243 e.